The first-order valence-electron chi connectivity index (χ1n) is 7.35. The molecule has 1 N–H and O–H groups in total. The van der Waals surface area contributed by atoms with Crippen molar-refractivity contribution in [1.82, 2.24) is 19.2 Å². The lowest BCUT2D eigenvalue weighted by atomic mass is 10.2. The number of nitrogens with one attached hydrogen (secondary N) is 1. The second kappa shape index (κ2) is 6.75. The van der Waals surface area contributed by atoms with Crippen molar-refractivity contribution in [2.75, 3.05) is 26.3 Å². The summed E-state index contributed by atoms with van der Waals surface area (Å²) in [7, 11) is -3.61. The Labute approximate surface area is 134 Å². The summed E-state index contributed by atoms with van der Waals surface area (Å²) in [6.07, 6.45) is 0. The fourth-order valence-electron chi connectivity index (χ4n) is 2.41. The van der Waals surface area contributed by atoms with Crippen molar-refractivity contribution in [3.05, 3.63) is 36.2 Å². The molecule has 1 aromatic carbocycles. The molecule has 1 saturated heterocycles. The highest BCUT2D eigenvalue weighted by atomic mass is 32.2. The van der Waals surface area contributed by atoms with Gasteiger partial charge in [0, 0.05) is 18.7 Å². The molecule has 9 heteroatoms. The third-order valence-corrected chi connectivity index (χ3v) is 5.18. The number of morpholine rings is 1. The zero-order valence-corrected chi connectivity index (χ0v) is 13.5. The van der Waals surface area contributed by atoms with Gasteiger partial charge in [-0.3, -0.25) is 0 Å². The Bertz CT molecular complexity index is 747. The van der Waals surface area contributed by atoms with Crippen molar-refractivity contribution >= 4 is 10.2 Å². The first kappa shape index (κ1) is 16.1. The first-order chi connectivity index (χ1) is 11.1. The van der Waals surface area contributed by atoms with E-state index in [0.717, 1.165) is 5.56 Å². The second-order valence-electron chi connectivity index (χ2n) is 5.03. The molecular formula is C14H18N4O4S. The standard InChI is InChI=1S/C14H18N4O4S/c1-2-15-23(19,20)18-8-9-21-10-12(18)14-16-13(17-22-14)11-6-4-3-5-7-11/h3-7,12,15H,2,8-10H2,1H3/t12-/m1/s1. The van der Waals surface area contributed by atoms with E-state index in [1.54, 1.807) is 6.92 Å². The molecular weight excluding hydrogens is 320 g/mol. The van der Waals surface area contributed by atoms with Crippen LogP contribution in [0.4, 0.5) is 0 Å². The predicted molar refractivity (Wildman–Crippen MR) is 82.6 cm³/mol. The molecule has 0 aliphatic carbocycles. The van der Waals surface area contributed by atoms with Gasteiger partial charge in [-0.1, -0.05) is 42.4 Å². The maximum Gasteiger partial charge on any atom is 0.280 e. The van der Waals surface area contributed by atoms with Crippen LogP contribution >= 0.6 is 0 Å². The normalized spacial score (nSPS) is 19.8. The van der Waals surface area contributed by atoms with E-state index in [1.165, 1.54) is 4.31 Å². The summed E-state index contributed by atoms with van der Waals surface area (Å²) >= 11 is 0. The molecule has 1 fully saturated rings. The monoisotopic (exact) mass is 338 g/mol. The molecule has 3 rings (SSSR count). The average molecular weight is 338 g/mol. The minimum atomic E-state index is -3.61. The Kier molecular flexibility index (Phi) is 4.71. The first-order valence-corrected chi connectivity index (χ1v) is 8.79. The van der Waals surface area contributed by atoms with E-state index in [0.29, 0.717) is 19.0 Å². The highest BCUT2D eigenvalue weighted by molar-refractivity contribution is 7.87. The van der Waals surface area contributed by atoms with Gasteiger partial charge in [-0.05, 0) is 0 Å². The lowest BCUT2D eigenvalue weighted by molar-refractivity contribution is 0.0198. The van der Waals surface area contributed by atoms with E-state index in [9.17, 15) is 8.42 Å². The van der Waals surface area contributed by atoms with Crippen LogP contribution in [0, 0.1) is 0 Å². The number of nitrogens with zero attached hydrogens (tertiary/aromatic N) is 3. The van der Waals surface area contributed by atoms with Gasteiger partial charge in [0.25, 0.3) is 10.2 Å². The third kappa shape index (κ3) is 3.42. The minimum absolute atomic E-state index is 0.182. The molecule has 1 aliphatic rings. The van der Waals surface area contributed by atoms with Gasteiger partial charge in [0.05, 0.1) is 13.2 Å². The van der Waals surface area contributed by atoms with Gasteiger partial charge in [-0.2, -0.15) is 17.7 Å². The smallest absolute Gasteiger partial charge is 0.280 e. The van der Waals surface area contributed by atoms with Crippen LogP contribution in [0.15, 0.2) is 34.9 Å². The quantitative estimate of drug-likeness (QED) is 0.872. The van der Waals surface area contributed by atoms with E-state index in [2.05, 4.69) is 14.9 Å². The van der Waals surface area contributed by atoms with Crippen LogP contribution in [-0.4, -0.2) is 49.2 Å². The van der Waals surface area contributed by atoms with Crippen molar-refractivity contribution in [2.45, 2.75) is 13.0 Å². The Morgan fingerprint density at radius 1 is 1.35 bits per heavy atom. The molecule has 2 aromatic rings. The van der Waals surface area contributed by atoms with E-state index in [1.807, 2.05) is 30.3 Å². The third-order valence-electron chi connectivity index (χ3n) is 3.47. The summed E-state index contributed by atoms with van der Waals surface area (Å²) in [6.45, 7) is 2.80. The predicted octanol–water partition coefficient (Wildman–Crippen LogP) is 0.964. The Morgan fingerprint density at radius 2 is 2.13 bits per heavy atom. The summed E-state index contributed by atoms with van der Waals surface area (Å²) in [5.41, 5.74) is 0.806. The lowest BCUT2D eigenvalue weighted by Gasteiger charge is -2.31. The summed E-state index contributed by atoms with van der Waals surface area (Å²) in [5.74, 6) is 0.650. The molecule has 0 bridgehead atoms. The number of rotatable bonds is 5. The van der Waals surface area contributed by atoms with E-state index in [-0.39, 0.29) is 19.0 Å². The number of hydrogen-bond acceptors (Lipinski definition) is 6. The van der Waals surface area contributed by atoms with Crippen LogP contribution < -0.4 is 4.72 Å². The van der Waals surface area contributed by atoms with E-state index < -0.39 is 16.3 Å². The largest absolute Gasteiger partial charge is 0.378 e. The highest BCUT2D eigenvalue weighted by Gasteiger charge is 2.37. The number of ether oxygens (including phenoxy) is 1. The SMILES string of the molecule is CCNS(=O)(=O)N1CCOC[C@@H]1c1nc(-c2ccccc2)no1. The average Bonchev–Trinajstić information content (AvgIpc) is 3.05. The van der Waals surface area contributed by atoms with Crippen molar-refractivity contribution in [2.24, 2.45) is 0 Å². The van der Waals surface area contributed by atoms with Crippen LogP contribution in [-0.2, 0) is 14.9 Å². The van der Waals surface area contributed by atoms with Crippen LogP contribution in [0.1, 0.15) is 18.9 Å². The molecule has 0 radical (unpaired) electrons. The van der Waals surface area contributed by atoms with Crippen LogP contribution in [0.2, 0.25) is 0 Å². The second-order valence-corrected chi connectivity index (χ2v) is 6.73. The molecule has 1 aliphatic heterocycles. The number of aromatic nitrogens is 2. The van der Waals surface area contributed by atoms with Crippen molar-refractivity contribution in [3.8, 4) is 11.4 Å². The number of benzene rings is 1. The highest BCUT2D eigenvalue weighted by Crippen LogP contribution is 2.27. The molecule has 0 unspecified atom stereocenters. The zero-order chi connectivity index (χ0) is 16.3. The van der Waals surface area contributed by atoms with Gasteiger partial charge in [0.1, 0.15) is 6.04 Å². The Balaban J connectivity index is 1.89. The molecule has 0 amide bonds. The fourth-order valence-corrected chi connectivity index (χ4v) is 3.74. The summed E-state index contributed by atoms with van der Waals surface area (Å²) in [6, 6.07) is 8.73. The van der Waals surface area contributed by atoms with Gasteiger partial charge in [0.15, 0.2) is 0 Å². The molecule has 23 heavy (non-hydrogen) atoms. The molecule has 0 spiro atoms. The van der Waals surface area contributed by atoms with Gasteiger partial charge >= 0.3 is 0 Å². The minimum Gasteiger partial charge on any atom is -0.378 e. The summed E-state index contributed by atoms with van der Waals surface area (Å²) in [5, 5.41) is 3.94. The zero-order valence-electron chi connectivity index (χ0n) is 12.7. The van der Waals surface area contributed by atoms with Crippen LogP contribution in [0.3, 0.4) is 0 Å². The molecule has 8 nitrogen and oxygen atoms in total. The molecule has 1 atom stereocenters. The van der Waals surface area contributed by atoms with Gasteiger partial charge in [-0.25, -0.2) is 4.72 Å². The lowest BCUT2D eigenvalue weighted by Crippen LogP contribution is -2.48. The molecule has 2 heterocycles. The van der Waals surface area contributed by atoms with E-state index in [4.69, 9.17) is 9.26 Å². The Hall–Kier alpha value is -1.81. The van der Waals surface area contributed by atoms with Crippen LogP contribution in [0.5, 0.6) is 0 Å². The molecule has 1 aromatic heterocycles. The van der Waals surface area contributed by atoms with E-state index >= 15 is 0 Å². The summed E-state index contributed by atoms with van der Waals surface area (Å²) < 4.78 is 39.1. The molecule has 124 valence electrons. The topological polar surface area (TPSA) is 97.6 Å². The maximum absolute atomic E-state index is 12.3. The van der Waals surface area contributed by atoms with Crippen LogP contribution in [0.25, 0.3) is 11.4 Å². The van der Waals surface area contributed by atoms with Crippen molar-refractivity contribution in [3.63, 3.8) is 0 Å². The van der Waals surface area contributed by atoms with Gasteiger partial charge in [0.2, 0.25) is 11.7 Å². The van der Waals surface area contributed by atoms with Crippen molar-refractivity contribution < 1.29 is 17.7 Å². The van der Waals surface area contributed by atoms with Crippen molar-refractivity contribution in [1.29, 1.82) is 0 Å². The fraction of sp³-hybridized carbons (Fsp3) is 0.429. The van der Waals surface area contributed by atoms with Gasteiger partial charge in [-0.15, -0.1) is 0 Å². The maximum atomic E-state index is 12.3. The summed E-state index contributed by atoms with van der Waals surface area (Å²) in [4.78, 5) is 4.34. The number of hydrogen-bond donors (Lipinski definition) is 1. The molecule has 0 saturated carbocycles. The Morgan fingerprint density at radius 3 is 2.87 bits per heavy atom. The van der Waals surface area contributed by atoms with Gasteiger partial charge < -0.3 is 9.26 Å².